The molecule has 3 aromatic heterocycles. The van der Waals surface area contributed by atoms with E-state index in [0.717, 1.165) is 83.8 Å². The second-order valence-electron chi connectivity index (χ2n) is 17.2. The van der Waals surface area contributed by atoms with Crippen LogP contribution in [0.3, 0.4) is 0 Å². The molecule has 0 amide bonds. The lowest BCUT2D eigenvalue weighted by Crippen LogP contribution is -2.46. The zero-order valence-corrected chi connectivity index (χ0v) is 40.6. The van der Waals surface area contributed by atoms with Crippen LogP contribution in [0.2, 0.25) is 5.02 Å². The molecule has 1 atom stereocenters. The van der Waals surface area contributed by atoms with Crippen LogP contribution in [-0.2, 0) is 45.5 Å². The summed E-state index contributed by atoms with van der Waals surface area (Å²) in [6, 6.07) is 24.8. The molecule has 0 aliphatic carbocycles. The molecule has 7 aromatic rings. The highest BCUT2D eigenvalue weighted by molar-refractivity contribution is 7.90. The van der Waals surface area contributed by atoms with Gasteiger partial charge in [0.1, 0.15) is 29.3 Å². The molecular formula is C51H51ClFN7O6S2. The molecule has 68 heavy (non-hydrogen) atoms. The lowest BCUT2D eigenvalue weighted by Gasteiger charge is -2.34. The number of halogens is 2. The molecule has 6 heterocycles. The number of hydrogen-bond donors (Lipinski definition) is 0. The number of sulfone groups is 1. The summed E-state index contributed by atoms with van der Waals surface area (Å²) in [4.78, 5) is 41.4. The number of thiophene rings is 1. The number of aromatic nitrogens is 4. The molecule has 0 N–H and O–H groups in total. The average molecular weight is 977 g/mol. The van der Waals surface area contributed by atoms with Crippen molar-refractivity contribution in [2.45, 2.75) is 51.0 Å². The Balaban J connectivity index is 1.15. The molecule has 4 bridgehead atoms. The standard InChI is InChI=1S/C51H51ClFN7O6S2/c1-5-64-51(61)42-27-36-26-33(10-17-41(36)65-30-38-18-19-54-48(57-38)40-8-6-7-9-43(40)68(4,62)63)28-60(25-24-59-22-20-58(3)21-23-59)29-35-13-16-39(32(2)46(35)52)44-45-49(66-42)55-31-56-50(45)67-47(44)34-11-14-37(53)15-12-34/h6-19,26,31,42H,5,20-25,27-30H2,1-4H3/t42-/m1/s1. The maximum absolute atomic E-state index is 14.4. The van der Waals surface area contributed by atoms with Crippen molar-refractivity contribution in [3.05, 3.63) is 136 Å². The average Bonchev–Trinajstić information content (AvgIpc) is 3.72. The topological polar surface area (TPSA) is 140 Å². The Morgan fingerprint density at radius 3 is 2.47 bits per heavy atom. The van der Waals surface area contributed by atoms with E-state index >= 15 is 0 Å². The number of fused-ring (bicyclic) bond motifs is 6. The minimum absolute atomic E-state index is 0.00932. The molecule has 3 aliphatic heterocycles. The van der Waals surface area contributed by atoms with Crippen LogP contribution in [0.5, 0.6) is 11.6 Å². The lowest BCUT2D eigenvalue weighted by molar-refractivity contribution is -0.151. The van der Waals surface area contributed by atoms with E-state index in [1.54, 1.807) is 49.5 Å². The van der Waals surface area contributed by atoms with Crippen molar-refractivity contribution in [1.29, 1.82) is 0 Å². The minimum atomic E-state index is -3.57. The van der Waals surface area contributed by atoms with Gasteiger partial charge in [0.05, 0.1) is 22.6 Å². The second-order valence-corrected chi connectivity index (χ2v) is 20.5. The number of likely N-dealkylation sites (N-methyl/N-ethyl adjacent to an activating group) is 1. The lowest BCUT2D eigenvalue weighted by atomic mass is 9.94. The van der Waals surface area contributed by atoms with Crippen LogP contribution in [-0.4, -0.2) is 114 Å². The van der Waals surface area contributed by atoms with E-state index in [2.05, 4.69) is 48.8 Å². The number of nitrogens with zero attached hydrogens (tertiary/aromatic N) is 7. The molecule has 0 saturated carbocycles. The number of carbonyl (C=O) groups excluding carboxylic acids is 1. The van der Waals surface area contributed by atoms with E-state index in [9.17, 15) is 17.6 Å². The quantitative estimate of drug-likeness (QED) is 0.114. The van der Waals surface area contributed by atoms with E-state index < -0.39 is 21.9 Å². The van der Waals surface area contributed by atoms with Gasteiger partial charge in [0.2, 0.25) is 12.0 Å². The fourth-order valence-electron chi connectivity index (χ4n) is 8.77. The summed E-state index contributed by atoms with van der Waals surface area (Å²) >= 11 is 8.84. The molecular weight excluding hydrogens is 925 g/mol. The van der Waals surface area contributed by atoms with E-state index in [1.165, 1.54) is 35.9 Å². The third kappa shape index (κ3) is 10.4. The van der Waals surface area contributed by atoms with Crippen LogP contribution < -0.4 is 9.47 Å². The number of ether oxygens (including phenoxy) is 3. The summed E-state index contributed by atoms with van der Waals surface area (Å²) in [6.07, 6.45) is 3.01. The van der Waals surface area contributed by atoms with Crippen molar-refractivity contribution in [3.63, 3.8) is 0 Å². The Hall–Kier alpha value is -5.88. The number of esters is 1. The van der Waals surface area contributed by atoms with Gasteiger partial charge in [-0.25, -0.2) is 37.5 Å². The van der Waals surface area contributed by atoms with Crippen molar-refractivity contribution >= 4 is 49.0 Å². The molecule has 10 rings (SSSR count). The first-order valence-electron chi connectivity index (χ1n) is 22.5. The Labute approximate surface area is 404 Å². The van der Waals surface area contributed by atoms with Gasteiger partial charge < -0.3 is 19.1 Å². The highest BCUT2D eigenvalue weighted by atomic mass is 35.5. The number of piperazine rings is 1. The van der Waals surface area contributed by atoms with Crippen molar-refractivity contribution in [1.82, 2.24) is 34.6 Å². The molecule has 0 unspecified atom stereocenters. The first-order chi connectivity index (χ1) is 32.8. The summed E-state index contributed by atoms with van der Waals surface area (Å²) in [5.74, 6) is -0.0286. The first-order valence-corrected chi connectivity index (χ1v) is 25.6. The van der Waals surface area contributed by atoms with Gasteiger partial charge in [0.15, 0.2) is 15.7 Å². The molecule has 1 fully saturated rings. The van der Waals surface area contributed by atoms with Crippen LogP contribution in [0.15, 0.2) is 102 Å². The molecule has 3 aliphatic rings. The summed E-state index contributed by atoms with van der Waals surface area (Å²) in [5.41, 5.74) is 6.76. The molecule has 0 radical (unpaired) electrons. The monoisotopic (exact) mass is 975 g/mol. The predicted molar refractivity (Wildman–Crippen MR) is 262 cm³/mol. The van der Waals surface area contributed by atoms with E-state index in [0.29, 0.717) is 50.9 Å². The van der Waals surface area contributed by atoms with Gasteiger partial charge >= 0.3 is 5.97 Å². The van der Waals surface area contributed by atoms with Gasteiger partial charge in [-0.3, -0.25) is 9.80 Å². The molecule has 13 nitrogen and oxygen atoms in total. The van der Waals surface area contributed by atoms with Gasteiger partial charge in [0, 0.05) is 92.3 Å². The maximum atomic E-state index is 14.4. The normalized spacial score (nSPS) is 16.2. The molecule has 0 spiro atoms. The van der Waals surface area contributed by atoms with E-state index in [1.807, 2.05) is 25.1 Å². The molecule has 1 saturated heterocycles. The summed E-state index contributed by atoms with van der Waals surface area (Å²) in [5, 5.41) is 1.21. The molecule has 352 valence electrons. The summed E-state index contributed by atoms with van der Waals surface area (Å²) < 4.78 is 58.7. The maximum Gasteiger partial charge on any atom is 0.347 e. The van der Waals surface area contributed by atoms with Crippen LogP contribution in [0.4, 0.5) is 4.39 Å². The van der Waals surface area contributed by atoms with Crippen LogP contribution in [0, 0.1) is 12.7 Å². The third-order valence-corrected chi connectivity index (χ3v) is 15.2. The van der Waals surface area contributed by atoms with Gasteiger partial charge in [-0.15, -0.1) is 11.3 Å². The number of benzene rings is 4. The first kappa shape index (κ1) is 47.2. The molecule has 4 aromatic carbocycles. The highest BCUT2D eigenvalue weighted by Crippen LogP contribution is 2.49. The predicted octanol–water partition coefficient (Wildman–Crippen LogP) is 8.68. The Bertz CT molecular complexity index is 3090. The number of hydrogen-bond acceptors (Lipinski definition) is 14. The zero-order valence-electron chi connectivity index (χ0n) is 38.2. The fourth-order valence-corrected chi connectivity index (χ4v) is 11.0. The Morgan fingerprint density at radius 1 is 0.912 bits per heavy atom. The number of rotatable bonds is 11. The van der Waals surface area contributed by atoms with E-state index in [4.69, 9.17) is 30.8 Å². The largest absolute Gasteiger partial charge is 0.487 e. The van der Waals surface area contributed by atoms with Gasteiger partial charge in [-0.05, 0) is 90.7 Å². The smallest absolute Gasteiger partial charge is 0.347 e. The van der Waals surface area contributed by atoms with Crippen molar-refractivity contribution < 1.29 is 31.8 Å². The van der Waals surface area contributed by atoms with Gasteiger partial charge in [-0.1, -0.05) is 60.1 Å². The molecule has 17 heteroatoms. The summed E-state index contributed by atoms with van der Waals surface area (Å²) in [6.45, 7) is 10.6. The summed E-state index contributed by atoms with van der Waals surface area (Å²) in [7, 11) is -1.41. The van der Waals surface area contributed by atoms with Gasteiger partial charge in [0.25, 0.3) is 0 Å². The Morgan fingerprint density at radius 2 is 1.69 bits per heavy atom. The van der Waals surface area contributed by atoms with Crippen molar-refractivity contribution in [3.8, 4) is 44.6 Å². The fraction of sp³-hybridized carbons (Fsp3) is 0.314. The zero-order chi connectivity index (χ0) is 47.5. The van der Waals surface area contributed by atoms with Crippen molar-refractivity contribution in [2.75, 3.05) is 59.2 Å². The number of carbonyl (C=O) groups is 1. The Kier molecular flexibility index (Phi) is 14.1. The van der Waals surface area contributed by atoms with Crippen LogP contribution in [0.25, 0.3) is 43.2 Å². The third-order valence-electron chi connectivity index (χ3n) is 12.4. The van der Waals surface area contributed by atoms with E-state index in [-0.39, 0.29) is 42.1 Å². The van der Waals surface area contributed by atoms with Crippen molar-refractivity contribution in [2.24, 2.45) is 0 Å². The second kappa shape index (κ2) is 20.4. The van der Waals surface area contributed by atoms with Crippen LogP contribution in [0.1, 0.15) is 34.9 Å². The van der Waals surface area contributed by atoms with Crippen LogP contribution >= 0.6 is 22.9 Å². The SMILES string of the molecule is CCOC(=O)[C@H]1Cc2cc(ccc2OCc2ccnc(-c3ccccc3S(C)(=O)=O)n2)CN(CCN2CCN(C)CC2)Cc2ccc(c(C)c2Cl)-c2c(-c3ccc(F)cc3)sc3ncnc(c23)O1. The van der Waals surface area contributed by atoms with Gasteiger partial charge in [-0.2, -0.15) is 0 Å². The minimum Gasteiger partial charge on any atom is -0.487 e. The highest BCUT2D eigenvalue weighted by Gasteiger charge is 2.30.